The first-order valence-corrected chi connectivity index (χ1v) is 10.6. The molecule has 0 bridgehead atoms. The van der Waals surface area contributed by atoms with Crippen LogP contribution >= 0.6 is 0 Å². The topological polar surface area (TPSA) is 76.7 Å². The number of aryl methyl sites for hydroxylation is 2. The zero-order valence-corrected chi connectivity index (χ0v) is 18.6. The first-order valence-electron chi connectivity index (χ1n) is 10.6. The number of ether oxygens (including phenoxy) is 2. The molecule has 6 nitrogen and oxygen atoms in total. The molecule has 0 fully saturated rings. The van der Waals surface area contributed by atoms with Gasteiger partial charge in [0.2, 0.25) is 0 Å². The van der Waals surface area contributed by atoms with Crippen molar-refractivity contribution in [3.05, 3.63) is 89.0 Å². The SMILES string of the molecule is CCOCCOc1ccc(C(=O)Nc2ccccc2C(=O)Nc2ccc(C)c(C)c2)cc1. The van der Waals surface area contributed by atoms with Crippen molar-refractivity contribution in [1.29, 1.82) is 0 Å². The average Bonchev–Trinajstić information content (AvgIpc) is 2.80. The van der Waals surface area contributed by atoms with Crippen LogP contribution in [0.5, 0.6) is 5.75 Å². The van der Waals surface area contributed by atoms with Gasteiger partial charge in [-0.1, -0.05) is 18.2 Å². The van der Waals surface area contributed by atoms with E-state index < -0.39 is 0 Å². The van der Waals surface area contributed by atoms with E-state index in [2.05, 4.69) is 10.6 Å². The van der Waals surface area contributed by atoms with Crippen molar-refractivity contribution in [2.45, 2.75) is 20.8 Å². The summed E-state index contributed by atoms with van der Waals surface area (Å²) in [6.45, 7) is 7.55. The van der Waals surface area contributed by atoms with E-state index in [1.165, 1.54) is 0 Å². The second-order valence-electron chi connectivity index (χ2n) is 7.32. The molecule has 6 heteroatoms. The minimum atomic E-state index is -0.308. The summed E-state index contributed by atoms with van der Waals surface area (Å²) in [7, 11) is 0. The maximum atomic E-state index is 12.9. The molecule has 0 unspecified atom stereocenters. The van der Waals surface area contributed by atoms with Crippen molar-refractivity contribution in [3.63, 3.8) is 0 Å². The van der Waals surface area contributed by atoms with Crippen molar-refractivity contribution in [3.8, 4) is 5.75 Å². The fraction of sp³-hybridized carbons (Fsp3) is 0.231. The molecular weight excluding hydrogens is 404 g/mol. The number of rotatable bonds is 9. The lowest BCUT2D eigenvalue weighted by Gasteiger charge is -2.13. The molecule has 0 radical (unpaired) electrons. The first kappa shape index (κ1) is 23.0. The van der Waals surface area contributed by atoms with Crippen molar-refractivity contribution >= 4 is 23.2 Å². The molecule has 3 aromatic rings. The number of anilines is 2. The molecule has 0 saturated carbocycles. The van der Waals surface area contributed by atoms with E-state index in [-0.39, 0.29) is 11.8 Å². The fourth-order valence-corrected chi connectivity index (χ4v) is 3.07. The van der Waals surface area contributed by atoms with Crippen molar-refractivity contribution in [2.75, 3.05) is 30.5 Å². The molecule has 3 aromatic carbocycles. The zero-order chi connectivity index (χ0) is 22.9. The Morgan fingerprint density at radius 2 is 1.56 bits per heavy atom. The van der Waals surface area contributed by atoms with Crippen LogP contribution in [0.15, 0.2) is 66.7 Å². The highest BCUT2D eigenvalue weighted by Gasteiger charge is 2.15. The Bertz CT molecular complexity index is 1080. The summed E-state index contributed by atoms with van der Waals surface area (Å²) in [4.78, 5) is 25.6. The van der Waals surface area contributed by atoms with Gasteiger partial charge in [0.1, 0.15) is 12.4 Å². The minimum Gasteiger partial charge on any atom is -0.491 e. The summed E-state index contributed by atoms with van der Waals surface area (Å²) in [5.74, 6) is 0.0638. The minimum absolute atomic E-state index is 0.290. The van der Waals surface area contributed by atoms with E-state index >= 15 is 0 Å². The molecule has 2 amide bonds. The molecule has 2 N–H and O–H groups in total. The third-order valence-electron chi connectivity index (χ3n) is 5.00. The summed E-state index contributed by atoms with van der Waals surface area (Å²) >= 11 is 0. The maximum absolute atomic E-state index is 12.9. The Kier molecular flexibility index (Phi) is 8.00. The lowest BCUT2D eigenvalue weighted by molar-refractivity contribution is 0.102. The van der Waals surface area contributed by atoms with Crippen LogP contribution < -0.4 is 15.4 Å². The van der Waals surface area contributed by atoms with Gasteiger partial charge in [0, 0.05) is 17.9 Å². The van der Waals surface area contributed by atoms with Gasteiger partial charge in [-0.2, -0.15) is 0 Å². The number of carbonyl (C=O) groups is 2. The van der Waals surface area contributed by atoms with Crippen molar-refractivity contribution in [2.24, 2.45) is 0 Å². The van der Waals surface area contributed by atoms with Crippen LogP contribution in [-0.4, -0.2) is 31.6 Å². The highest BCUT2D eigenvalue weighted by atomic mass is 16.5. The maximum Gasteiger partial charge on any atom is 0.257 e. The molecule has 0 atom stereocenters. The number of carbonyl (C=O) groups excluding carboxylic acids is 2. The zero-order valence-electron chi connectivity index (χ0n) is 18.6. The Hall–Kier alpha value is -3.64. The molecule has 0 aliphatic carbocycles. The molecule has 0 spiro atoms. The van der Waals surface area contributed by atoms with Gasteiger partial charge in [-0.3, -0.25) is 9.59 Å². The van der Waals surface area contributed by atoms with Crippen molar-refractivity contribution < 1.29 is 19.1 Å². The average molecular weight is 433 g/mol. The Labute approximate surface area is 188 Å². The molecule has 0 saturated heterocycles. The first-order chi connectivity index (χ1) is 15.5. The smallest absolute Gasteiger partial charge is 0.257 e. The van der Waals surface area contributed by atoms with Gasteiger partial charge in [-0.25, -0.2) is 0 Å². The number of nitrogens with one attached hydrogen (secondary N) is 2. The van der Waals surface area contributed by atoms with Crippen LogP contribution in [0.25, 0.3) is 0 Å². The molecule has 0 aromatic heterocycles. The number of amides is 2. The fourth-order valence-electron chi connectivity index (χ4n) is 3.07. The number of benzene rings is 3. The van der Waals surface area contributed by atoms with Crippen molar-refractivity contribution in [1.82, 2.24) is 0 Å². The van der Waals surface area contributed by atoms with Gasteiger partial charge >= 0.3 is 0 Å². The van der Waals surface area contributed by atoms with Crippen LogP contribution in [-0.2, 0) is 4.74 Å². The van der Waals surface area contributed by atoms with E-state index in [9.17, 15) is 9.59 Å². The molecule has 3 rings (SSSR count). The molecule has 166 valence electrons. The standard InChI is InChI=1S/C26H28N2O4/c1-4-31-15-16-32-22-13-10-20(11-14-22)25(29)28-24-8-6-5-7-23(24)26(30)27-21-12-9-18(2)19(3)17-21/h5-14,17H,4,15-16H2,1-3H3,(H,27,30)(H,28,29). The van der Waals surface area contributed by atoms with Crippen LogP contribution in [0.2, 0.25) is 0 Å². The van der Waals surface area contributed by atoms with E-state index in [0.717, 1.165) is 11.1 Å². The summed E-state index contributed by atoms with van der Waals surface area (Å²) in [5, 5.41) is 5.73. The van der Waals surface area contributed by atoms with E-state index in [0.29, 0.717) is 48.1 Å². The van der Waals surface area contributed by atoms with Gasteiger partial charge in [0.05, 0.1) is 17.9 Å². The molecule has 0 aliphatic rings. The number of hydrogen-bond acceptors (Lipinski definition) is 4. The van der Waals surface area contributed by atoms with Gasteiger partial charge in [0.25, 0.3) is 11.8 Å². The third-order valence-corrected chi connectivity index (χ3v) is 5.00. The van der Waals surface area contributed by atoms with E-state index in [4.69, 9.17) is 9.47 Å². The normalized spacial score (nSPS) is 10.5. The summed E-state index contributed by atoms with van der Waals surface area (Å²) in [6.07, 6.45) is 0. The number of para-hydroxylation sites is 1. The summed E-state index contributed by atoms with van der Waals surface area (Å²) < 4.78 is 10.8. The van der Waals surface area contributed by atoms with Crippen LogP contribution in [0.4, 0.5) is 11.4 Å². The van der Waals surface area contributed by atoms with E-state index in [1.54, 1.807) is 48.5 Å². The van der Waals surface area contributed by atoms with Gasteiger partial charge < -0.3 is 20.1 Å². The lowest BCUT2D eigenvalue weighted by atomic mass is 10.1. The lowest BCUT2D eigenvalue weighted by Crippen LogP contribution is -2.18. The highest BCUT2D eigenvalue weighted by molar-refractivity contribution is 6.12. The highest BCUT2D eigenvalue weighted by Crippen LogP contribution is 2.21. The second-order valence-corrected chi connectivity index (χ2v) is 7.32. The third kappa shape index (κ3) is 6.18. The van der Waals surface area contributed by atoms with Gasteiger partial charge in [-0.15, -0.1) is 0 Å². The second kappa shape index (κ2) is 11.1. The quantitative estimate of drug-likeness (QED) is 0.454. The summed E-state index contributed by atoms with van der Waals surface area (Å²) in [6, 6.07) is 19.5. The van der Waals surface area contributed by atoms with Crippen LogP contribution in [0.3, 0.4) is 0 Å². The van der Waals surface area contributed by atoms with Crippen LogP contribution in [0, 0.1) is 13.8 Å². The predicted molar refractivity (Wildman–Crippen MR) is 127 cm³/mol. The molecular formula is C26H28N2O4. The Morgan fingerprint density at radius 3 is 2.28 bits per heavy atom. The summed E-state index contributed by atoms with van der Waals surface area (Å²) in [5.41, 5.74) is 4.24. The molecule has 32 heavy (non-hydrogen) atoms. The Morgan fingerprint density at radius 1 is 0.812 bits per heavy atom. The molecule has 0 aliphatic heterocycles. The van der Waals surface area contributed by atoms with Crippen LogP contribution in [0.1, 0.15) is 38.8 Å². The number of hydrogen-bond donors (Lipinski definition) is 2. The van der Waals surface area contributed by atoms with Gasteiger partial charge in [-0.05, 0) is 80.4 Å². The molecule has 0 heterocycles. The largest absolute Gasteiger partial charge is 0.491 e. The Balaban J connectivity index is 1.66. The van der Waals surface area contributed by atoms with E-state index in [1.807, 2.05) is 39.0 Å². The predicted octanol–water partition coefficient (Wildman–Crippen LogP) is 5.22. The monoisotopic (exact) mass is 432 g/mol. The van der Waals surface area contributed by atoms with Gasteiger partial charge in [0.15, 0.2) is 0 Å².